The minimum absolute atomic E-state index is 0.130. The van der Waals surface area contributed by atoms with Crippen molar-refractivity contribution in [3.8, 4) is 0 Å². The minimum Gasteiger partial charge on any atom is -0.352 e. The fraction of sp³-hybridized carbons (Fsp3) is 0.435. The van der Waals surface area contributed by atoms with Crippen molar-refractivity contribution in [1.29, 1.82) is 0 Å². The van der Waals surface area contributed by atoms with Gasteiger partial charge in [-0.2, -0.15) is 0 Å². The number of aryl methyl sites for hydroxylation is 2. The van der Waals surface area contributed by atoms with Crippen LogP contribution in [0.25, 0.3) is 0 Å². The van der Waals surface area contributed by atoms with E-state index in [2.05, 4.69) is 5.32 Å². The van der Waals surface area contributed by atoms with Crippen LogP contribution >= 0.6 is 0 Å². The number of anilines is 1. The monoisotopic (exact) mass is 414 g/mol. The first-order chi connectivity index (χ1) is 13.9. The number of rotatable bonds is 6. The van der Waals surface area contributed by atoms with Crippen molar-refractivity contribution in [2.75, 3.05) is 10.8 Å². The Morgan fingerprint density at radius 3 is 2.21 bits per heavy atom. The van der Waals surface area contributed by atoms with E-state index in [1.165, 1.54) is 17.1 Å². The maximum absolute atomic E-state index is 13.4. The molecule has 156 valence electrons. The summed E-state index contributed by atoms with van der Waals surface area (Å²) in [4.78, 5) is 13.0. The first-order valence-electron chi connectivity index (χ1n) is 10.3. The zero-order valence-electron chi connectivity index (χ0n) is 17.2. The van der Waals surface area contributed by atoms with E-state index < -0.39 is 10.0 Å². The van der Waals surface area contributed by atoms with E-state index in [4.69, 9.17) is 0 Å². The van der Waals surface area contributed by atoms with Crippen molar-refractivity contribution < 1.29 is 13.2 Å². The van der Waals surface area contributed by atoms with Crippen LogP contribution in [0.2, 0.25) is 0 Å². The fourth-order valence-corrected chi connectivity index (χ4v) is 5.29. The molecule has 5 nitrogen and oxygen atoms in total. The van der Waals surface area contributed by atoms with Crippen LogP contribution in [0.1, 0.15) is 49.7 Å². The highest BCUT2D eigenvalue weighted by atomic mass is 32.2. The molecular formula is C23H30N2O3S. The first kappa shape index (κ1) is 21.4. The van der Waals surface area contributed by atoms with Crippen molar-refractivity contribution in [1.82, 2.24) is 5.32 Å². The Morgan fingerprint density at radius 2 is 1.59 bits per heavy atom. The summed E-state index contributed by atoms with van der Waals surface area (Å²) in [5.41, 5.74) is 2.33. The average molecular weight is 415 g/mol. The van der Waals surface area contributed by atoms with E-state index in [0.717, 1.165) is 36.8 Å². The van der Waals surface area contributed by atoms with E-state index in [1.807, 2.05) is 26.0 Å². The molecule has 0 unspecified atom stereocenters. The van der Waals surface area contributed by atoms with Crippen LogP contribution in [0.3, 0.4) is 0 Å². The van der Waals surface area contributed by atoms with Crippen molar-refractivity contribution in [3.63, 3.8) is 0 Å². The lowest BCUT2D eigenvalue weighted by Crippen LogP contribution is -2.44. The van der Waals surface area contributed by atoms with Gasteiger partial charge in [-0.15, -0.1) is 0 Å². The second-order valence-corrected chi connectivity index (χ2v) is 9.73. The standard InChI is InChI=1S/C23H30N2O3S/c1-18-13-15-21(16-14-18)29(27,28)25(22-12-8-7-9-19(22)2)17-23(26)24-20-10-5-3-4-6-11-20/h7-9,12-16,20H,3-6,10-11,17H2,1-2H3,(H,24,26). The lowest BCUT2D eigenvalue weighted by molar-refractivity contribution is -0.120. The summed E-state index contributed by atoms with van der Waals surface area (Å²) in [6, 6.07) is 14.1. The number of benzene rings is 2. The van der Waals surface area contributed by atoms with Crippen molar-refractivity contribution in [3.05, 3.63) is 59.7 Å². The lowest BCUT2D eigenvalue weighted by atomic mass is 10.1. The summed E-state index contributed by atoms with van der Waals surface area (Å²) in [6.45, 7) is 3.55. The predicted molar refractivity (Wildman–Crippen MR) is 117 cm³/mol. The predicted octanol–water partition coefficient (Wildman–Crippen LogP) is 4.34. The first-order valence-corrected chi connectivity index (χ1v) is 11.8. The second-order valence-electron chi connectivity index (χ2n) is 7.87. The zero-order valence-corrected chi connectivity index (χ0v) is 18.0. The molecule has 1 saturated carbocycles. The third kappa shape index (κ3) is 5.38. The molecule has 2 aromatic carbocycles. The molecule has 0 radical (unpaired) electrons. The highest BCUT2D eigenvalue weighted by Crippen LogP contribution is 2.27. The largest absolute Gasteiger partial charge is 0.352 e. The van der Waals surface area contributed by atoms with E-state index in [0.29, 0.717) is 5.69 Å². The van der Waals surface area contributed by atoms with Gasteiger partial charge in [0.05, 0.1) is 10.6 Å². The molecule has 0 spiro atoms. The molecule has 1 amide bonds. The van der Waals surface area contributed by atoms with Gasteiger partial charge >= 0.3 is 0 Å². The van der Waals surface area contributed by atoms with Gasteiger partial charge in [-0.3, -0.25) is 9.10 Å². The molecule has 0 atom stereocenters. The number of hydrogen-bond donors (Lipinski definition) is 1. The van der Waals surface area contributed by atoms with Gasteiger partial charge in [0, 0.05) is 6.04 Å². The molecule has 0 heterocycles. The molecule has 1 aliphatic carbocycles. The topological polar surface area (TPSA) is 66.5 Å². The molecule has 1 fully saturated rings. The van der Waals surface area contributed by atoms with Crippen LogP contribution in [0.5, 0.6) is 0 Å². The van der Waals surface area contributed by atoms with Gasteiger partial charge in [0.1, 0.15) is 6.54 Å². The Labute approximate surface area is 174 Å². The summed E-state index contributed by atoms with van der Waals surface area (Å²) in [5.74, 6) is -0.254. The van der Waals surface area contributed by atoms with Crippen LogP contribution in [0, 0.1) is 13.8 Å². The Balaban J connectivity index is 1.88. The molecule has 6 heteroatoms. The quantitative estimate of drug-likeness (QED) is 0.715. The Morgan fingerprint density at radius 1 is 0.966 bits per heavy atom. The summed E-state index contributed by atoms with van der Waals surface area (Å²) in [5, 5.41) is 3.07. The van der Waals surface area contributed by atoms with Crippen molar-refractivity contribution >= 4 is 21.6 Å². The number of nitrogens with one attached hydrogen (secondary N) is 1. The number of nitrogens with zero attached hydrogens (tertiary/aromatic N) is 1. The zero-order chi connectivity index (χ0) is 20.9. The highest BCUT2D eigenvalue weighted by molar-refractivity contribution is 7.92. The van der Waals surface area contributed by atoms with Crippen LogP contribution in [-0.4, -0.2) is 26.9 Å². The van der Waals surface area contributed by atoms with Crippen molar-refractivity contribution in [2.24, 2.45) is 0 Å². The summed E-state index contributed by atoms with van der Waals surface area (Å²) in [7, 11) is -3.86. The second kappa shape index (κ2) is 9.44. The number of sulfonamides is 1. The molecule has 3 rings (SSSR count). The van der Waals surface area contributed by atoms with Gasteiger partial charge in [-0.1, -0.05) is 61.6 Å². The van der Waals surface area contributed by atoms with Crippen LogP contribution < -0.4 is 9.62 Å². The van der Waals surface area contributed by atoms with Crippen LogP contribution in [0.4, 0.5) is 5.69 Å². The van der Waals surface area contributed by atoms with Gasteiger partial charge in [-0.25, -0.2) is 8.42 Å². The average Bonchev–Trinajstić information content (AvgIpc) is 2.96. The third-order valence-corrected chi connectivity index (χ3v) is 7.27. The number of amides is 1. The Kier molecular flexibility index (Phi) is 6.96. The van der Waals surface area contributed by atoms with E-state index in [-0.39, 0.29) is 23.4 Å². The summed E-state index contributed by atoms with van der Waals surface area (Å²) in [6.07, 6.45) is 6.52. The van der Waals surface area contributed by atoms with Gasteiger partial charge in [-0.05, 0) is 50.5 Å². The molecule has 0 aromatic heterocycles. The normalized spacial score (nSPS) is 15.5. The highest BCUT2D eigenvalue weighted by Gasteiger charge is 2.28. The van der Waals surface area contributed by atoms with Crippen LogP contribution in [0.15, 0.2) is 53.4 Å². The minimum atomic E-state index is -3.86. The molecule has 2 aromatic rings. The maximum atomic E-state index is 13.4. The smallest absolute Gasteiger partial charge is 0.264 e. The molecule has 0 aliphatic heterocycles. The number of para-hydroxylation sites is 1. The van der Waals surface area contributed by atoms with E-state index >= 15 is 0 Å². The number of carbonyl (C=O) groups is 1. The van der Waals surface area contributed by atoms with Crippen molar-refractivity contribution in [2.45, 2.75) is 63.3 Å². The van der Waals surface area contributed by atoms with Gasteiger partial charge in [0.15, 0.2) is 0 Å². The molecule has 1 aliphatic rings. The molecular weight excluding hydrogens is 384 g/mol. The SMILES string of the molecule is Cc1ccc(S(=O)(=O)N(CC(=O)NC2CCCCCC2)c2ccccc2C)cc1. The molecule has 29 heavy (non-hydrogen) atoms. The third-order valence-electron chi connectivity index (χ3n) is 5.50. The number of hydrogen-bond acceptors (Lipinski definition) is 3. The lowest BCUT2D eigenvalue weighted by Gasteiger charge is -2.26. The van der Waals surface area contributed by atoms with Gasteiger partial charge in [0.25, 0.3) is 10.0 Å². The molecule has 1 N–H and O–H groups in total. The van der Waals surface area contributed by atoms with Gasteiger partial charge in [0.2, 0.25) is 5.91 Å². The molecule has 0 saturated heterocycles. The van der Waals surface area contributed by atoms with E-state index in [9.17, 15) is 13.2 Å². The number of carbonyl (C=O) groups excluding carboxylic acids is 1. The molecule has 0 bridgehead atoms. The maximum Gasteiger partial charge on any atom is 0.264 e. The Hall–Kier alpha value is -2.34. The fourth-order valence-electron chi connectivity index (χ4n) is 3.81. The van der Waals surface area contributed by atoms with Gasteiger partial charge < -0.3 is 5.32 Å². The summed E-state index contributed by atoms with van der Waals surface area (Å²) < 4.78 is 28.1. The van der Waals surface area contributed by atoms with E-state index in [1.54, 1.807) is 36.4 Å². The summed E-state index contributed by atoms with van der Waals surface area (Å²) >= 11 is 0. The van der Waals surface area contributed by atoms with Crippen LogP contribution in [-0.2, 0) is 14.8 Å². The Bertz CT molecular complexity index is 931.